The minimum atomic E-state index is -0.729. The number of benzene rings is 1. The van der Waals surface area contributed by atoms with Crippen molar-refractivity contribution in [2.75, 3.05) is 13.1 Å². The second-order valence-electron chi connectivity index (χ2n) is 6.29. The second-order valence-corrected chi connectivity index (χ2v) is 7.10. The van der Waals surface area contributed by atoms with Gasteiger partial charge in [0.1, 0.15) is 5.92 Å². The zero-order valence-electron chi connectivity index (χ0n) is 12.8. The zero-order chi connectivity index (χ0) is 17.4. The van der Waals surface area contributed by atoms with Gasteiger partial charge in [-0.3, -0.25) is 19.7 Å². The molecule has 0 bridgehead atoms. The van der Waals surface area contributed by atoms with E-state index in [9.17, 15) is 19.7 Å². The lowest BCUT2D eigenvalue weighted by Gasteiger charge is -2.31. The summed E-state index contributed by atoms with van der Waals surface area (Å²) in [6, 6.07) is 4.09. The third-order valence-electron chi connectivity index (χ3n) is 4.73. The fourth-order valence-corrected chi connectivity index (χ4v) is 3.46. The molecule has 2 fully saturated rings. The molecule has 2 atom stereocenters. The number of likely N-dealkylation sites (tertiary alicyclic amines) is 1. The van der Waals surface area contributed by atoms with E-state index in [0.717, 1.165) is 0 Å². The van der Waals surface area contributed by atoms with Gasteiger partial charge in [0.15, 0.2) is 5.78 Å². The van der Waals surface area contributed by atoms with E-state index in [1.807, 2.05) is 0 Å². The molecule has 1 heterocycles. The Morgan fingerprint density at radius 1 is 1.17 bits per heavy atom. The van der Waals surface area contributed by atoms with Crippen LogP contribution >= 0.6 is 23.2 Å². The number of ketones is 1. The molecule has 0 aromatic heterocycles. The monoisotopic (exact) mass is 370 g/mol. The predicted octanol–water partition coefficient (Wildman–Crippen LogP) is 3.08. The number of nitro groups is 1. The average molecular weight is 371 g/mol. The van der Waals surface area contributed by atoms with E-state index >= 15 is 0 Å². The first-order valence-electron chi connectivity index (χ1n) is 7.80. The van der Waals surface area contributed by atoms with Gasteiger partial charge in [-0.1, -0.05) is 23.2 Å². The lowest BCUT2D eigenvalue weighted by atomic mass is 9.88. The molecule has 2 aliphatic rings. The minimum absolute atomic E-state index is 0.00439. The van der Waals surface area contributed by atoms with Crippen LogP contribution in [-0.2, 0) is 4.79 Å². The summed E-state index contributed by atoms with van der Waals surface area (Å²) in [5, 5.41) is 11.4. The molecule has 0 N–H and O–H groups in total. The Bertz CT molecular complexity index is 701. The van der Waals surface area contributed by atoms with Gasteiger partial charge < -0.3 is 4.90 Å². The lowest BCUT2D eigenvalue weighted by molar-refractivity contribution is -0.497. The van der Waals surface area contributed by atoms with Crippen molar-refractivity contribution in [1.29, 1.82) is 0 Å². The summed E-state index contributed by atoms with van der Waals surface area (Å²) in [7, 11) is 0. The molecular formula is C16H16Cl2N2O4. The first kappa shape index (κ1) is 17.2. The topological polar surface area (TPSA) is 80.5 Å². The Morgan fingerprint density at radius 2 is 1.83 bits per heavy atom. The van der Waals surface area contributed by atoms with E-state index in [-0.39, 0.29) is 22.5 Å². The molecule has 1 aromatic rings. The third kappa shape index (κ3) is 3.39. The summed E-state index contributed by atoms with van der Waals surface area (Å²) in [5.74, 6) is -0.813. The van der Waals surface area contributed by atoms with E-state index in [0.29, 0.717) is 48.0 Å². The molecule has 6 nitrogen and oxygen atoms in total. The molecule has 128 valence electrons. The standard InChI is InChI=1S/C16H16Cl2N2O4/c17-12-2-1-10(7-13(12)18)15(21)9-3-5-19(6-4-9)16(22)11-8-14(11)20(23)24/h1-2,7,9,11,14H,3-6,8H2/t11-,14+/m1/s1. The van der Waals surface area contributed by atoms with Crippen molar-refractivity contribution in [2.24, 2.45) is 11.8 Å². The molecule has 1 aliphatic heterocycles. The van der Waals surface area contributed by atoms with Crippen LogP contribution in [0.25, 0.3) is 0 Å². The van der Waals surface area contributed by atoms with Crippen molar-refractivity contribution in [2.45, 2.75) is 25.3 Å². The number of amides is 1. The van der Waals surface area contributed by atoms with Crippen LogP contribution in [0.4, 0.5) is 0 Å². The summed E-state index contributed by atoms with van der Waals surface area (Å²) < 4.78 is 0. The lowest BCUT2D eigenvalue weighted by Crippen LogP contribution is -2.41. The maximum absolute atomic E-state index is 12.5. The molecule has 1 saturated heterocycles. The highest BCUT2D eigenvalue weighted by molar-refractivity contribution is 6.42. The van der Waals surface area contributed by atoms with Crippen LogP contribution in [0.2, 0.25) is 10.0 Å². The summed E-state index contributed by atoms with van der Waals surface area (Å²) in [6.45, 7) is 0.912. The molecule has 3 rings (SSSR count). The van der Waals surface area contributed by atoms with Crippen LogP contribution in [0.3, 0.4) is 0 Å². The van der Waals surface area contributed by atoms with Crippen LogP contribution in [0, 0.1) is 22.0 Å². The van der Waals surface area contributed by atoms with Gasteiger partial charge >= 0.3 is 0 Å². The first-order chi connectivity index (χ1) is 11.4. The molecule has 1 saturated carbocycles. The molecule has 1 amide bonds. The quantitative estimate of drug-likeness (QED) is 0.463. The molecule has 1 aliphatic carbocycles. The van der Waals surface area contributed by atoms with Crippen LogP contribution in [0.15, 0.2) is 18.2 Å². The van der Waals surface area contributed by atoms with Gasteiger partial charge in [-0.05, 0) is 31.0 Å². The predicted molar refractivity (Wildman–Crippen MR) is 89.0 cm³/mol. The van der Waals surface area contributed by atoms with Crippen molar-refractivity contribution >= 4 is 34.9 Å². The maximum Gasteiger partial charge on any atom is 0.232 e. The van der Waals surface area contributed by atoms with Gasteiger partial charge in [0.2, 0.25) is 11.9 Å². The van der Waals surface area contributed by atoms with E-state index in [4.69, 9.17) is 23.2 Å². The van der Waals surface area contributed by atoms with Crippen LogP contribution < -0.4 is 0 Å². The Hall–Kier alpha value is -1.66. The van der Waals surface area contributed by atoms with E-state index in [1.165, 1.54) is 0 Å². The highest BCUT2D eigenvalue weighted by Gasteiger charge is 2.54. The molecule has 0 spiro atoms. The second kappa shape index (κ2) is 6.69. The summed E-state index contributed by atoms with van der Waals surface area (Å²) in [6.07, 6.45) is 1.44. The zero-order valence-corrected chi connectivity index (χ0v) is 14.3. The summed E-state index contributed by atoms with van der Waals surface area (Å²) in [4.78, 5) is 36.7. The van der Waals surface area contributed by atoms with Gasteiger partial charge in [0, 0.05) is 35.9 Å². The number of rotatable bonds is 4. The smallest absolute Gasteiger partial charge is 0.232 e. The van der Waals surface area contributed by atoms with Crippen molar-refractivity contribution in [3.63, 3.8) is 0 Å². The van der Waals surface area contributed by atoms with Crippen LogP contribution in [0.1, 0.15) is 29.6 Å². The Balaban J connectivity index is 1.57. The van der Waals surface area contributed by atoms with Crippen LogP contribution in [0.5, 0.6) is 0 Å². The number of piperidine rings is 1. The molecule has 0 radical (unpaired) electrons. The number of nitrogens with zero attached hydrogens (tertiary/aromatic N) is 2. The van der Waals surface area contributed by atoms with Crippen molar-refractivity contribution in [1.82, 2.24) is 4.90 Å². The maximum atomic E-state index is 12.5. The van der Waals surface area contributed by atoms with E-state index < -0.39 is 12.0 Å². The Kier molecular flexibility index (Phi) is 4.78. The first-order valence-corrected chi connectivity index (χ1v) is 8.55. The largest absolute Gasteiger partial charge is 0.342 e. The number of Topliss-reactive ketones (excluding diaryl/α,β-unsaturated/α-hetero) is 1. The molecule has 1 aromatic carbocycles. The number of carbonyl (C=O) groups is 2. The SMILES string of the molecule is O=C(c1ccc(Cl)c(Cl)c1)C1CCN(C(=O)[C@@H]2C[C@@H]2[N+](=O)[O-])CC1. The van der Waals surface area contributed by atoms with E-state index in [1.54, 1.807) is 23.1 Å². The highest BCUT2D eigenvalue weighted by atomic mass is 35.5. The average Bonchev–Trinajstić information content (AvgIpc) is 3.37. The Labute approximate surface area is 148 Å². The van der Waals surface area contributed by atoms with Gasteiger partial charge in [0.25, 0.3) is 0 Å². The van der Waals surface area contributed by atoms with Gasteiger partial charge in [-0.2, -0.15) is 0 Å². The van der Waals surface area contributed by atoms with Crippen molar-refractivity contribution < 1.29 is 14.5 Å². The number of carbonyl (C=O) groups excluding carboxylic acids is 2. The molecule has 24 heavy (non-hydrogen) atoms. The number of hydrogen-bond donors (Lipinski definition) is 0. The highest BCUT2D eigenvalue weighted by Crippen LogP contribution is 2.36. The fourth-order valence-electron chi connectivity index (χ4n) is 3.16. The number of hydrogen-bond acceptors (Lipinski definition) is 4. The van der Waals surface area contributed by atoms with Gasteiger partial charge in [-0.15, -0.1) is 0 Å². The van der Waals surface area contributed by atoms with Gasteiger partial charge in [0.05, 0.1) is 10.0 Å². The van der Waals surface area contributed by atoms with Crippen molar-refractivity contribution in [3.05, 3.63) is 43.9 Å². The molecular weight excluding hydrogens is 355 g/mol. The minimum Gasteiger partial charge on any atom is -0.342 e. The fraction of sp³-hybridized carbons (Fsp3) is 0.500. The normalized spacial score (nSPS) is 23.8. The molecule has 0 unspecified atom stereocenters. The summed E-state index contributed by atoms with van der Waals surface area (Å²) in [5.41, 5.74) is 0.518. The summed E-state index contributed by atoms with van der Waals surface area (Å²) >= 11 is 11.8. The van der Waals surface area contributed by atoms with Gasteiger partial charge in [-0.25, -0.2) is 0 Å². The third-order valence-corrected chi connectivity index (χ3v) is 5.47. The molecule has 8 heteroatoms. The Morgan fingerprint density at radius 3 is 2.38 bits per heavy atom. The van der Waals surface area contributed by atoms with Crippen molar-refractivity contribution in [3.8, 4) is 0 Å². The van der Waals surface area contributed by atoms with Crippen LogP contribution in [-0.4, -0.2) is 40.6 Å². The van der Waals surface area contributed by atoms with E-state index in [2.05, 4.69) is 0 Å². The number of halogens is 2.